The van der Waals surface area contributed by atoms with E-state index in [2.05, 4.69) is 0 Å². The Bertz CT molecular complexity index is 860. The number of nitro benzene ring substituents is 1. The van der Waals surface area contributed by atoms with E-state index < -0.39 is 27.8 Å². The van der Waals surface area contributed by atoms with Crippen molar-refractivity contribution in [1.82, 2.24) is 0 Å². The van der Waals surface area contributed by atoms with Gasteiger partial charge in [0.1, 0.15) is 0 Å². The average molecular weight is 408 g/mol. The molecule has 2 atom stereocenters. The van der Waals surface area contributed by atoms with Crippen molar-refractivity contribution in [2.24, 2.45) is 5.92 Å². The van der Waals surface area contributed by atoms with Crippen LogP contribution in [0.3, 0.4) is 0 Å². The zero-order chi connectivity index (χ0) is 19.4. The summed E-state index contributed by atoms with van der Waals surface area (Å²) in [4.78, 5) is 35.2. The van der Waals surface area contributed by atoms with Crippen molar-refractivity contribution in [1.29, 1.82) is 0 Å². The highest BCUT2D eigenvalue weighted by Crippen LogP contribution is 2.41. The largest absolute Gasteiger partial charge is 0.431 e. The van der Waals surface area contributed by atoms with Crippen LogP contribution in [-0.4, -0.2) is 21.9 Å². The van der Waals surface area contributed by atoms with Crippen LogP contribution < -0.4 is 0 Å². The number of carbonyl (C=O) groups is 2. The lowest BCUT2D eigenvalue weighted by Crippen LogP contribution is -2.40. The minimum absolute atomic E-state index is 0.0479. The first-order chi connectivity index (χ1) is 12.9. The summed E-state index contributed by atoms with van der Waals surface area (Å²) < 4.78 is 10.2. The van der Waals surface area contributed by atoms with E-state index in [-0.39, 0.29) is 18.5 Å². The van der Waals surface area contributed by atoms with Crippen molar-refractivity contribution in [2.75, 3.05) is 0 Å². The van der Waals surface area contributed by atoms with Gasteiger partial charge in [-0.3, -0.25) is 14.9 Å². The van der Waals surface area contributed by atoms with E-state index in [1.165, 1.54) is 12.1 Å². The van der Waals surface area contributed by atoms with E-state index >= 15 is 0 Å². The molecule has 0 radical (unpaired) electrons. The molecule has 0 aromatic heterocycles. The van der Waals surface area contributed by atoms with E-state index in [0.717, 1.165) is 12.0 Å². The summed E-state index contributed by atoms with van der Waals surface area (Å²) in [7, 11) is 0. The van der Waals surface area contributed by atoms with Gasteiger partial charge in [-0.1, -0.05) is 41.9 Å². The molecule has 2 unspecified atom stereocenters. The van der Waals surface area contributed by atoms with Gasteiger partial charge in [0.25, 0.3) is 10.7 Å². The van der Waals surface area contributed by atoms with Crippen molar-refractivity contribution in [3.05, 3.63) is 70.3 Å². The molecule has 140 valence electrons. The molecule has 0 saturated carbocycles. The van der Waals surface area contributed by atoms with Gasteiger partial charge in [0.05, 0.1) is 23.4 Å². The van der Waals surface area contributed by atoms with Crippen molar-refractivity contribution < 1.29 is 23.4 Å². The van der Waals surface area contributed by atoms with E-state index in [1.807, 2.05) is 6.07 Å². The Morgan fingerprint density at radius 3 is 2.56 bits per heavy atom. The normalized spacial score (nSPS) is 21.5. The average Bonchev–Trinajstić information content (AvgIpc) is 2.95. The number of non-ortho nitro benzene ring substituents is 1. The molecule has 1 heterocycles. The van der Waals surface area contributed by atoms with Crippen molar-refractivity contribution >= 4 is 41.3 Å². The number of nitro groups is 1. The monoisotopic (exact) mass is 407 g/mol. The fourth-order valence-electron chi connectivity index (χ4n) is 2.69. The summed E-state index contributed by atoms with van der Waals surface area (Å²) in [6.07, 6.45) is 0.184. The number of alkyl halides is 1. The molecule has 27 heavy (non-hydrogen) atoms. The highest BCUT2D eigenvalue weighted by Gasteiger charge is 2.55. The highest BCUT2D eigenvalue weighted by atomic mass is 35.5. The smallest absolute Gasteiger partial charge is 0.379 e. The molecule has 0 amide bonds. The molecule has 1 aliphatic heterocycles. The van der Waals surface area contributed by atoms with Gasteiger partial charge in [-0.25, -0.2) is 4.79 Å². The number of carbonyl (C=O) groups excluding carboxylic acids is 2. The van der Waals surface area contributed by atoms with Crippen LogP contribution in [0, 0.1) is 16.0 Å². The highest BCUT2D eigenvalue weighted by molar-refractivity contribution is 7.95. The van der Waals surface area contributed by atoms with E-state index in [1.54, 1.807) is 36.4 Å². The Morgan fingerprint density at radius 1 is 1.26 bits per heavy atom. The Balaban J connectivity index is 1.70. The van der Waals surface area contributed by atoms with Gasteiger partial charge in [-0.2, -0.15) is 0 Å². The summed E-state index contributed by atoms with van der Waals surface area (Å²) in [5, 5.41) is 8.81. The first-order valence-electron chi connectivity index (χ1n) is 7.96. The summed E-state index contributed by atoms with van der Waals surface area (Å²) in [6.45, 7) is 0. The Kier molecular flexibility index (Phi) is 5.67. The third kappa shape index (κ3) is 4.40. The number of hydrogen-bond acceptors (Lipinski definition) is 7. The number of nitrogens with zero attached hydrogens (tertiary/aromatic N) is 1. The lowest BCUT2D eigenvalue weighted by molar-refractivity contribution is -0.384. The van der Waals surface area contributed by atoms with Gasteiger partial charge in [0, 0.05) is 22.9 Å². The zero-order valence-electron chi connectivity index (χ0n) is 13.9. The fourth-order valence-corrected chi connectivity index (χ4v) is 3.58. The van der Waals surface area contributed by atoms with Crippen molar-refractivity contribution in [3.8, 4) is 0 Å². The second kappa shape index (κ2) is 7.98. The van der Waals surface area contributed by atoms with Crippen LogP contribution in [0.25, 0.3) is 0 Å². The minimum atomic E-state index is -1.93. The van der Waals surface area contributed by atoms with Gasteiger partial charge in [-0.15, -0.1) is 0 Å². The zero-order valence-corrected chi connectivity index (χ0v) is 15.4. The second-order valence-corrected chi connectivity index (χ2v) is 7.28. The topological polar surface area (TPSA) is 95.7 Å². The van der Waals surface area contributed by atoms with E-state index in [0.29, 0.717) is 10.5 Å². The van der Waals surface area contributed by atoms with Crippen LogP contribution in [-0.2, 0) is 24.9 Å². The number of halogens is 1. The summed E-state index contributed by atoms with van der Waals surface area (Å²) in [6, 6.07) is 14.7. The first kappa shape index (κ1) is 19.2. The van der Waals surface area contributed by atoms with Gasteiger partial charge < -0.3 is 8.92 Å². The molecule has 2 aromatic rings. The lowest BCUT2D eigenvalue weighted by Gasteiger charge is -2.24. The molecule has 9 heteroatoms. The van der Waals surface area contributed by atoms with Crippen LogP contribution in [0.4, 0.5) is 5.69 Å². The number of hydrogen-bond donors (Lipinski definition) is 0. The van der Waals surface area contributed by atoms with E-state index in [4.69, 9.17) is 20.5 Å². The SMILES string of the molecule is O=C1CC(Cc2ccc([N+](=O)[O-])cc2)C(Cl)(C(=O)OSc2ccccc2)O1. The maximum Gasteiger partial charge on any atom is 0.379 e. The summed E-state index contributed by atoms with van der Waals surface area (Å²) >= 11 is 7.17. The predicted octanol–water partition coefficient (Wildman–Crippen LogP) is 3.89. The molecule has 1 fully saturated rings. The molecule has 1 aliphatic rings. The van der Waals surface area contributed by atoms with Crippen LogP contribution >= 0.6 is 23.6 Å². The van der Waals surface area contributed by atoms with Crippen LogP contribution in [0.1, 0.15) is 12.0 Å². The maximum absolute atomic E-state index is 12.5. The first-order valence-corrected chi connectivity index (χ1v) is 9.08. The quantitative estimate of drug-likeness (QED) is 0.235. The summed E-state index contributed by atoms with van der Waals surface area (Å²) in [5.74, 6) is -2.12. The molecule has 0 bridgehead atoms. The Morgan fingerprint density at radius 2 is 1.93 bits per heavy atom. The van der Waals surface area contributed by atoms with Crippen molar-refractivity contribution in [3.63, 3.8) is 0 Å². The van der Waals surface area contributed by atoms with Crippen LogP contribution in [0.2, 0.25) is 0 Å². The number of rotatable bonds is 6. The number of esters is 1. The van der Waals surface area contributed by atoms with Gasteiger partial charge in [0.2, 0.25) is 0 Å². The minimum Gasteiger partial charge on any atom is -0.431 e. The van der Waals surface area contributed by atoms with Gasteiger partial charge in [0.15, 0.2) is 0 Å². The molecular weight excluding hydrogens is 394 g/mol. The number of benzene rings is 2. The maximum atomic E-state index is 12.5. The molecule has 7 nitrogen and oxygen atoms in total. The predicted molar refractivity (Wildman–Crippen MR) is 98.0 cm³/mol. The van der Waals surface area contributed by atoms with Crippen LogP contribution in [0.5, 0.6) is 0 Å². The van der Waals surface area contributed by atoms with Crippen LogP contribution in [0.15, 0.2) is 59.5 Å². The van der Waals surface area contributed by atoms with Gasteiger partial charge in [-0.05, 0) is 24.1 Å². The Hall–Kier alpha value is -2.58. The Labute approximate surface area is 164 Å². The molecular formula is C18H14ClNO6S. The van der Waals surface area contributed by atoms with E-state index in [9.17, 15) is 19.7 Å². The molecule has 0 spiro atoms. The second-order valence-electron chi connectivity index (χ2n) is 5.91. The molecule has 0 N–H and O–H groups in total. The molecule has 1 saturated heterocycles. The lowest BCUT2D eigenvalue weighted by atomic mass is 9.92. The standard InChI is InChI=1S/C18H14ClNO6S/c19-18(17(22)26-27-15-4-2-1-3-5-15)13(11-16(21)25-18)10-12-6-8-14(9-7-12)20(23)24/h1-9,13H,10-11H2. The number of cyclic esters (lactones) is 1. The fraction of sp³-hybridized carbons (Fsp3) is 0.222. The summed E-state index contributed by atoms with van der Waals surface area (Å²) in [5.41, 5.74) is 0.644. The third-order valence-electron chi connectivity index (χ3n) is 4.06. The third-order valence-corrected chi connectivity index (χ3v) is 5.30. The van der Waals surface area contributed by atoms with Crippen molar-refractivity contribution in [2.45, 2.75) is 22.8 Å². The molecule has 2 aromatic carbocycles. The molecule has 3 rings (SSSR count). The number of ether oxygens (including phenoxy) is 1. The molecule has 0 aliphatic carbocycles. The van der Waals surface area contributed by atoms with Gasteiger partial charge >= 0.3 is 11.9 Å².